The predicted octanol–water partition coefficient (Wildman–Crippen LogP) is 1.91. The first kappa shape index (κ1) is 14.9. The summed E-state index contributed by atoms with van der Waals surface area (Å²) in [6, 6.07) is 4.20. The van der Waals surface area contributed by atoms with Gasteiger partial charge in [0.25, 0.3) is 0 Å². The molecular formula is C12H16BrFN2O2S. The highest BCUT2D eigenvalue weighted by Gasteiger charge is 2.34. The summed E-state index contributed by atoms with van der Waals surface area (Å²) < 4.78 is 40.5. The van der Waals surface area contributed by atoms with Crippen LogP contribution < -0.4 is 0 Å². The van der Waals surface area contributed by atoms with Crippen molar-refractivity contribution in [2.75, 3.05) is 27.2 Å². The second-order valence-electron chi connectivity index (χ2n) is 4.84. The van der Waals surface area contributed by atoms with Crippen LogP contribution in [0.2, 0.25) is 0 Å². The SMILES string of the molecule is CN(C)C1CCN(S(=O)(=O)c2ccc(Br)cc2F)C1. The van der Waals surface area contributed by atoms with Crippen molar-refractivity contribution >= 4 is 26.0 Å². The second kappa shape index (κ2) is 5.47. The Labute approximate surface area is 121 Å². The fourth-order valence-electron chi connectivity index (χ4n) is 2.17. The standard InChI is InChI=1S/C12H16BrFN2O2S/c1-15(2)10-5-6-16(8-10)19(17,18)12-4-3-9(13)7-11(12)14/h3-4,7,10H,5-6,8H2,1-2H3. The molecular weight excluding hydrogens is 335 g/mol. The average molecular weight is 351 g/mol. The van der Waals surface area contributed by atoms with Gasteiger partial charge in [0.2, 0.25) is 10.0 Å². The van der Waals surface area contributed by atoms with Gasteiger partial charge in [0, 0.05) is 23.6 Å². The van der Waals surface area contributed by atoms with Gasteiger partial charge in [0.1, 0.15) is 10.7 Å². The van der Waals surface area contributed by atoms with Crippen LogP contribution in [-0.2, 0) is 10.0 Å². The molecule has 2 rings (SSSR count). The number of hydrogen-bond acceptors (Lipinski definition) is 3. The molecule has 1 unspecified atom stereocenters. The Morgan fingerprint density at radius 2 is 2.11 bits per heavy atom. The van der Waals surface area contributed by atoms with Crippen molar-refractivity contribution in [3.8, 4) is 0 Å². The lowest BCUT2D eigenvalue weighted by Gasteiger charge is -2.20. The molecule has 4 nitrogen and oxygen atoms in total. The van der Waals surface area contributed by atoms with E-state index in [1.165, 1.54) is 22.5 Å². The molecule has 19 heavy (non-hydrogen) atoms. The van der Waals surface area contributed by atoms with Gasteiger partial charge in [-0.3, -0.25) is 0 Å². The summed E-state index contributed by atoms with van der Waals surface area (Å²) in [5.41, 5.74) is 0. The fourth-order valence-corrected chi connectivity index (χ4v) is 4.04. The maximum atomic E-state index is 13.8. The summed E-state index contributed by atoms with van der Waals surface area (Å²) >= 11 is 3.12. The lowest BCUT2D eigenvalue weighted by Crippen LogP contribution is -2.34. The van der Waals surface area contributed by atoms with Crippen LogP contribution in [0.15, 0.2) is 27.6 Å². The molecule has 106 valence electrons. The van der Waals surface area contributed by atoms with Gasteiger partial charge < -0.3 is 4.90 Å². The summed E-state index contributed by atoms with van der Waals surface area (Å²) in [7, 11) is 0.0936. The van der Waals surface area contributed by atoms with E-state index in [1.54, 1.807) is 0 Å². The third-order valence-electron chi connectivity index (χ3n) is 3.37. The number of rotatable bonds is 3. The Morgan fingerprint density at radius 1 is 1.42 bits per heavy atom. The van der Waals surface area contributed by atoms with E-state index in [0.717, 1.165) is 6.42 Å². The molecule has 1 saturated heterocycles. The maximum Gasteiger partial charge on any atom is 0.246 e. The molecule has 1 aromatic rings. The van der Waals surface area contributed by atoms with Gasteiger partial charge in [-0.1, -0.05) is 15.9 Å². The minimum absolute atomic E-state index is 0.188. The molecule has 0 N–H and O–H groups in total. The normalized spacial score (nSPS) is 21.2. The van der Waals surface area contributed by atoms with Crippen LogP contribution in [0.1, 0.15) is 6.42 Å². The highest BCUT2D eigenvalue weighted by Crippen LogP contribution is 2.26. The number of hydrogen-bond donors (Lipinski definition) is 0. The lowest BCUT2D eigenvalue weighted by atomic mass is 10.2. The third kappa shape index (κ3) is 2.99. The molecule has 1 heterocycles. The van der Waals surface area contributed by atoms with E-state index in [-0.39, 0.29) is 10.9 Å². The first-order chi connectivity index (χ1) is 8.82. The van der Waals surface area contributed by atoms with Gasteiger partial charge >= 0.3 is 0 Å². The Hall–Kier alpha value is -0.500. The molecule has 0 aromatic heterocycles. The zero-order valence-corrected chi connectivity index (χ0v) is 13.2. The highest BCUT2D eigenvalue weighted by molar-refractivity contribution is 9.10. The molecule has 7 heteroatoms. The van der Waals surface area contributed by atoms with Crippen molar-refractivity contribution < 1.29 is 12.8 Å². The molecule has 0 amide bonds. The van der Waals surface area contributed by atoms with Gasteiger partial charge in [-0.05, 0) is 38.7 Å². The van der Waals surface area contributed by atoms with Crippen molar-refractivity contribution in [2.24, 2.45) is 0 Å². The quantitative estimate of drug-likeness (QED) is 0.835. The predicted molar refractivity (Wildman–Crippen MR) is 75.0 cm³/mol. The van der Waals surface area contributed by atoms with Crippen molar-refractivity contribution in [3.63, 3.8) is 0 Å². The van der Waals surface area contributed by atoms with Gasteiger partial charge in [-0.15, -0.1) is 0 Å². The first-order valence-electron chi connectivity index (χ1n) is 5.94. The highest BCUT2D eigenvalue weighted by atomic mass is 79.9. The third-order valence-corrected chi connectivity index (χ3v) is 5.76. The number of nitrogens with zero attached hydrogens (tertiary/aromatic N) is 2. The fraction of sp³-hybridized carbons (Fsp3) is 0.500. The smallest absolute Gasteiger partial charge is 0.246 e. The average Bonchev–Trinajstić information content (AvgIpc) is 2.78. The van der Waals surface area contributed by atoms with Crippen molar-refractivity contribution in [1.82, 2.24) is 9.21 Å². The minimum atomic E-state index is -3.74. The zero-order chi connectivity index (χ0) is 14.2. The van der Waals surface area contributed by atoms with Crippen LogP contribution in [0.25, 0.3) is 0 Å². The topological polar surface area (TPSA) is 40.6 Å². The number of benzene rings is 1. The molecule has 1 atom stereocenters. The second-order valence-corrected chi connectivity index (χ2v) is 7.67. The minimum Gasteiger partial charge on any atom is -0.305 e. The van der Waals surface area contributed by atoms with E-state index in [1.807, 2.05) is 19.0 Å². The monoisotopic (exact) mass is 350 g/mol. The molecule has 1 aliphatic rings. The number of halogens is 2. The Kier molecular flexibility index (Phi) is 4.29. The van der Waals surface area contributed by atoms with Crippen molar-refractivity contribution in [3.05, 3.63) is 28.5 Å². The van der Waals surface area contributed by atoms with Gasteiger partial charge in [0.15, 0.2) is 0 Å². The summed E-state index contributed by atoms with van der Waals surface area (Å²) in [5.74, 6) is -0.720. The first-order valence-corrected chi connectivity index (χ1v) is 8.17. The van der Waals surface area contributed by atoms with Crippen LogP contribution in [0.4, 0.5) is 4.39 Å². The van der Waals surface area contributed by atoms with Crippen LogP contribution in [0, 0.1) is 5.82 Å². The summed E-state index contributed by atoms with van der Waals surface area (Å²) in [6.07, 6.45) is 0.768. The van der Waals surface area contributed by atoms with Gasteiger partial charge in [-0.25, -0.2) is 12.8 Å². The Balaban J connectivity index is 2.29. The number of sulfonamides is 1. The van der Waals surface area contributed by atoms with Gasteiger partial charge in [0.05, 0.1) is 0 Å². The van der Waals surface area contributed by atoms with E-state index in [0.29, 0.717) is 17.6 Å². The van der Waals surface area contributed by atoms with Crippen LogP contribution in [0.3, 0.4) is 0 Å². The molecule has 0 bridgehead atoms. The lowest BCUT2D eigenvalue weighted by molar-refractivity contribution is 0.302. The number of likely N-dealkylation sites (N-methyl/N-ethyl adjacent to an activating group) is 1. The molecule has 1 fully saturated rings. The van der Waals surface area contributed by atoms with Crippen molar-refractivity contribution in [2.45, 2.75) is 17.4 Å². The molecule has 1 aromatic carbocycles. The van der Waals surface area contributed by atoms with Crippen LogP contribution >= 0.6 is 15.9 Å². The van der Waals surface area contributed by atoms with E-state index >= 15 is 0 Å². The molecule has 0 radical (unpaired) electrons. The summed E-state index contributed by atoms with van der Waals surface area (Å²) in [6.45, 7) is 0.839. The van der Waals surface area contributed by atoms with E-state index in [9.17, 15) is 12.8 Å². The van der Waals surface area contributed by atoms with E-state index in [2.05, 4.69) is 15.9 Å². The largest absolute Gasteiger partial charge is 0.305 e. The Bertz CT molecular complexity index is 577. The summed E-state index contributed by atoms with van der Waals surface area (Å²) in [5, 5.41) is 0. The molecule has 0 saturated carbocycles. The van der Waals surface area contributed by atoms with Crippen molar-refractivity contribution in [1.29, 1.82) is 0 Å². The van der Waals surface area contributed by atoms with E-state index in [4.69, 9.17) is 0 Å². The van der Waals surface area contributed by atoms with E-state index < -0.39 is 15.8 Å². The molecule has 0 spiro atoms. The van der Waals surface area contributed by atoms with Gasteiger partial charge in [-0.2, -0.15) is 4.31 Å². The van der Waals surface area contributed by atoms with Crippen LogP contribution in [-0.4, -0.2) is 50.8 Å². The molecule has 1 aliphatic heterocycles. The maximum absolute atomic E-state index is 13.8. The Morgan fingerprint density at radius 3 is 2.63 bits per heavy atom. The zero-order valence-electron chi connectivity index (χ0n) is 10.8. The summed E-state index contributed by atoms with van der Waals surface area (Å²) in [4.78, 5) is 1.74. The molecule has 0 aliphatic carbocycles. The van der Waals surface area contributed by atoms with Crippen LogP contribution in [0.5, 0.6) is 0 Å².